The molecule has 1 amide bonds. The minimum Gasteiger partial charge on any atom is -0.480 e. The first-order valence-electron chi connectivity index (χ1n) is 11.6. The molecule has 1 aliphatic rings. The first kappa shape index (κ1) is 28.0. The fraction of sp³-hybridized carbons (Fsp3) is 0.625. The van der Waals surface area contributed by atoms with Crippen LogP contribution in [0.2, 0.25) is 0 Å². The summed E-state index contributed by atoms with van der Waals surface area (Å²) in [6, 6.07) is 8.93. The van der Waals surface area contributed by atoms with Crippen LogP contribution in [-0.2, 0) is 39.2 Å². The second-order valence-electron chi connectivity index (χ2n) is 9.48. The second-order valence-corrected chi connectivity index (χ2v) is 11.6. The van der Waals surface area contributed by atoms with E-state index < -0.39 is 49.8 Å². The Kier molecular flexibility index (Phi) is 10.3. The number of esters is 1. The average molecular weight is 498 g/mol. The van der Waals surface area contributed by atoms with Crippen LogP contribution in [0.5, 0.6) is 0 Å². The number of rotatable bonds is 12. The Hall–Kier alpha value is -2.22. The fourth-order valence-corrected chi connectivity index (χ4v) is 5.30. The van der Waals surface area contributed by atoms with Gasteiger partial charge in [0.2, 0.25) is 6.79 Å². The summed E-state index contributed by atoms with van der Waals surface area (Å²) in [6.07, 6.45) is 1.81. The number of hydrogen-bond donors (Lipinski definition) is 1. The molecule has 34 heavy (non-hydrogen) atoms. The van der Waals surface area contributed by atoms with E-state index in [1.807, 2.05) is 30.3 Å². The van der Waals surface area contributed by atoms with Crippen LogP contribution in [0, 0.1) is 5.41 Å². The molecule has 10 heteroatoms. The van der Waals surface area contributed by atoms with Gasteiger partial charge in [-0.2, -0.15) is 0 Å². The van der Waals surface area contributed by atoms with Gasteiger partial charge in [-0.15, -0.1) is 0 Å². The number of nitrogens with zero attached hydrogens (tertiary/aromatic N) is 1. The second kappa shape index (κ2) is 12.5. The highest BCUT2D eigenvalue weighted by Crippen LogP contribution is 2.50. The number of carboxylic acids is 1. The smallest absolute Gasteiger partial charge is 0.334 e. The van der Waals surface area contributed by atoms with Crippen molar-refractivity contribution in [3.8, 4) is 0 Å². The summed E-state index contributed by atoms with van der Waals surface area (Å²) in [4.78, 5) is 37.5. The topological polar surface area (TPSA) is 119 Å². The van der Waals surface area contributed by atoms with Crippen molar-refractivity contribution in [3.63, 3.8) is 0 Å². The summed E-state index contributed by atoms with van der Waals surface area (Å²) in [5, 5.41) is 9.36. The minimum atomic E-state index is -3.82. The number of carbonyl (C=O) groups excluding carboxylic acids is 2. The zero-order valence-electron chi connectivity index (χ0n) is 20.4. The van der Waals surface area contributed by atoms with Crippen molar-refractivity contribution in [2.75, 3.05) is 19.5 Å². The predicted molar refractivity (Wildman–Crippen MR) is 126 cm³/mol. The Morgan fingerprint density at radius 2 is 1.85 bits per heavy atom. The maximum atomic E-state index is 13.5. The van der Waals surface area contributed by atoms with Crippen molar-refractivity contribution >= 4 is 25.4 Å². The normalized spacial score (nSPS) is 18.8. The molecule has 1 N–H and O–H groups in total. The molecule has 0 aromatic heterocycles. The molecule has 0 bridgehead atoms. The number of amides is 1. The Morgan fingerprint density at radius 1 is 1.18 bits per heavy atom. The van der Waals surface area contributed by atoms with Crippen molar-refractivity contribution in [3.05, 3.63) is 35.9 Å². The SMILES string of the molecule is CC(OP(=O)(CCCCc1ccccc1)OCOC(=O)C(C)(C)C)C(=O)N1CCC[C@H]1C(=O)O. The lowest BCUT2D eigenvalue weighted by molar-refractivity contribution is -0.160. The lowest BCUT2D eigenvalue weighted by Crippen LogP contribution is -2.45. The summed E-state index contributed by atoms with van der Waals surface area (Å²) < 4.78 is 29.6. The van der Waals surface area contributed by atoms with E-state index in [9.17, 15) is 24.1 Å². The van der Waals surface area contributed by atoms with Crippen molar-refractivity contribution in [1.82, 2.24) is 4.90 Å². The van der Waals surface area contributed by atoms with Crippen LogP contribution in [0.4, 0.5) is 0 Å². The molecule has 0 saturated carbocycles. The first-order valence-corrected chi connectivity index (χ1v) is 13.3. The molecule has 0 spiro atoms. The van der Waals surface area contributed by atoms with Crippen molar-refractivity contribution in [2.45, 2.75) is 71.9 Å². The van der Waals surface area contributed by atoms with Crippen LogP contribution in [0.1, 0.15) is 58.9 Å². The lowest BCUT2D eigenvalue weighted by Gasteiger charge is -2.27. The van der Waals surface area contributed by atoms with Crippen molar-refractivity contribution < 1.29 is 37.8 Å². The van der Waals surface area contributed by atoms with E-state index in [1.54, 1.807) is 20.8 Å². The molecule has 1 aromatic rings. The third-order valence-electron chi connectivity index (χ3n) is 5.53. The number of likely N-dealkylation sites (tertiary alicyclic amines) is 1. The highest BCUT2D eigenvalue weighted by atomic mass is 31.2. The van der Waals surface area contributed by atoms with E-state index in [2.05, 4.69) is 0 Å². The van der Waals surface area contributed by atoms with E-state index in [0.717, 1.165) is 18.4 Å². The average Bonchev–Trinajstić information content (AvgIpc) is 3.26. The number of unbranched alkanes of at least 4 members (excludes halogenated alkanes) is 1. The third kappa shape index (κ3) is 8.53. The van der Waals surface area contributed by atoms with Gasteiger partial charge in [-0.05, 0) is 65.4 Å². The molecule has 9 nitrogen and oxygen atoms in total. The Bertz CT molecular complexity index is 883. The van der Waals surface area contributed by atoms with E-state index in [4.69, 9.17) is 13.8 Å². The van der Waals surface area contributed by atoms with E-state index in [1.165, 1.54) is 11.8 Å². The van der Waals surface area contributed by atoms with Gasteiger partial charge in [0.15, 0.2) is 0 Å². The van der Waals surface area contributed by atoms with Crippen LogP contribution in [0.15, 0.2) is 30.3 Å². The molecule has 1 aromatic carbocycles. The number of hydrogen-bond acceptors (Lipinski definition) is 7. The molecule has 3 atom stereocenters. The minimum absolute atomic E-state index is 0.0346. The number of aliphatic carboxylic acids is 1. The number of carbonyl (C=O) groups is 3. The van der Waals surface area contributed by atoms with Gasteiger partial charge in [0.05, 0.1) is 11.6 Å². The molecule has 190 valence electrons. The quantitative estimate of drug-likeness (QED) is 0.197. The molecular weight excluding hydrogens is 461 g/mol. The van der Waals surface area contributed by atoms with Gasteiger partial charge in [0.25, 0.3) is 5.91 Å². The van der Waals surface area contributed by atoms with E-state index in [-0.39, 0.29) is 6.16 Å². The predicted octanol–water partition coefficient (Wildman–Crippen LogP) is 4.25. The summed E-state index contributed by atoms with van der Waals surface area (Å²) >= 11 is 0. The third-order valence-corrected chi connectivity index (χ3v) is 7.53. The highest BCUT2D eigenvalue weighted by Gasteiger charge is 2.39. The molecule has 2 rings (SSSR count). The van der Waals surface area contributed by atoms with Crippen LogP contribution < -0.4 is 0 Å². The summed E-state index contributed by atoms with van der Waals surface area (Å²) in [5.74, 6) is -2.15. The summed E-state index contributed by atoms with van der Waals surface area (Å²) in [5.41, 5.74) is 0.393. The molecule has 1 heterocycles. The Labute approximate surface area is 201 Å². The lowest BCUT2D eigenvalue weighted by atomic mass is 9.98. The van der Waals surface area contributed by atoms with Gasteiger partial charge in [-0.1, -0.05) is 30.3 Å². The van der Waals surface area contributed by atoms with Gasteiger partial charge in [-0.25, -0.2) is 4.79 Å². The molecular formula is C24H36NO8P. The zero-order valence-corrected chi connectivity index (χ0v) is 21.3. The fourth-order valence-electron chi connectivity index (χ4n) is 3.61. The van der Waals surface area contributed by atoms with Crippen LogP contribution in [0.25, 0.3) is 0 Å². The highest BCUT2D eigenvalue weighted by molar-refractivity contribution is 7.53. The largest absolute Gasteiger partial charge is 0.480 e. The van der Waals surface area contributed by atoms with Crippen molar-refractivity contribution in [2.24, 2.45) is 5.41 Å². The van der Waals surface area contributed by atoms with Gasteiger partial charge < -0.3 is 14.7 Å². The van der Waals surface area contributed by atoms with Crippen LogP contribution in [0.3, 0.4) is 0 Å². The molecule has 1 aliphatic heterocycles. The van der Waals surface area contributed by atoms with Crippen molar-refractivity contribution in [1.29, 1.82) is 0 Å². The molecule has 0 aliphatic carbocycles. The number of aryl methyl sites for hydroxylation is 1. The van der Waals surface area contributed by atoms with E-state index >= 15 is 0 Å². The molecule has 1 saturated heterocycles. The summed E-state index contributed by atoms with van der Waals surface area (Å²) in [7, 11) is -3.82. The number of carboxylic acid groups (broad SMARTS) is 1. The molecule has 0 radical (unpaired) electrons. The standard InChI is InChI=1S/C24H36NO8P/c1-18(21(26)25-15-10-14-20(25)22(27)28)33-34(30,32-17-31-23(29)24(2,3)4)16-9-8-13-19-11-6-5-7-12-19/h5-7,11-12,18,20H,8-10,13-17H2,1-4H3,(H,27,28)/t18?,20-,34?/m0/s1. The van der Waals surface area contributed by atoms with Gasteiger partial charge in [0, 0.05) is 6.54 Å². The van der Waals surface area contributed by atoms with Crippen LogP contribution >= 0.6 is 7.60 Å². The van der Waals surface area contributed by atoms with Gasteiger partial charge >= 0.3 is 19.5 Å². The van der Waals surface area contributed by atoms with Gasteiger partial charge in [0.1, 0.15) is 12.1 Å². The maximum absolute atomic E-state index is 13.5. The van der Waals surface area contributed by atoms with Crippen LogP contribution in [-0.4, -0.2) is 59.5 Å². The number of benzene rings is 1. The monoisotopic (exact) mass is 497 g/mol. The zero-order chi connectivity index (χ0) is 25.4. The number of ether oxygens (including phenoxy) is 1. The van der Waals surface area contributed by atoms with E-state index in [0.29, 0.717) is 25.8 Å². The van der Waals surface area contributed by atoms with Gasteiger partial charge in [-0.3, -0.25) is 23.2 Å². The Balaban J connectivity index is 2.00. The first-order chi connectivity index (χ1) is 15.9. The molecule has 1 fully saturated rings. The maximum Gasteiger partial charge on any atom is 0.334 e. The molecule has 2 unspecified atom stereocenters. The summed E-state index contributed by atoms with van der Waals surface area (Å²) in [6.45, 7) is 6.23. The Morgan fingerprint density at radius 3 is 2.47 bits per heavy atom.